The zero-order valence-electron chi connectivity index (χ0n) is 11.0. The first-order valence-electron chi connectivity index (χ1n) is 6.75. The standard InChI is InChI=1S/C13H16BrN5O/c14-10-9-19-8-5-16-13(19)12(17-10)15-4-3-11(20)18-6-1-2-7-18/h5,8-9H,1-4,6-7H2,(H,15,17). The van der Waals surface area contributed by atoms with Gasteiger partial charge in [-0.1, -0.05) is 0 Å². The van der Waals surface area contributed by atoms with Gasteiger partial charge in [-0.3, -0.25) is 4.79 Å². The number of hydrogen-bond donors (Lipinski definition) is 1. The Morgan fingerprint density at radius 2 is 2.20 bits per heavy atom. The maximum atomic E-state index is 12.0. The van der Waals surface area contributed by atoms with E-state index in [1.807, 2.05) is 21.7 Å². The van der Waals surface area contributed by atoms with Crippen molar-refractivity contribution in [3.05, 3.63) is 23.2 Å². The summed E-state index contributed by atoms with van der Waals surface area (Å²) in [5.74, 6) is 0.906. The Labute approximate surface area is 125 Å². The van der Waals surface area contributed by atoms with Gasteiger partial charge in [0.05, 0.1) is 0 Å². The highest BCUT2D eigenvalue weighted by Crippen LogP contribution is 2.17. The van der Waals surface area contributed by atoms with Crippen LogP contribution in [0.2, 0.25) is 0 Å². The van der Waals surface area contributed by atoms with Crippen molar-refractivity contribution in [3.63, 3.8) is 0 Å². The molecule has 6 nitrogen and oxygen atoms in total. The number of anilines is 1. The molecule has 1 N–H and O–H groups in total. The number of amides is 1. The van der Waals surface area contributed by atoms with Gasteiger partial charge in [0, 0.05) is 44.6 Å². The Kier molecular flexibility index (Phi) is 3.86. The number of nitrogens with one attached hydrogen (secondary N) is 1. The molecule has 2 aromatic rings. The lowest BCUT2D eigenvalue weighted by atomic mass is 10.3. The highest BCUT2D eigenvalue weighted by molar-refractivity contribution is 9.10. The molecule has 7 heteroatoms. The van der Waals surface area contributed by atoms with Crippen LogP contribution in [0.5, 0.6) is 0 Å². The largest absolute Gasteiger partial charge is 0.366 e. The van der Waals surface area contributed by atoms with Crippen LogP contribution in [0.1, 0.15) is 19.3 Å². The monoisotopic (exact) mass is 337 g/mol. The molecule has 0 atom stereocenters. The minimum atomic E-state index is 0.212. The molecule has 1 aliphatic heterocycles. The Morgan fingerprint density at radius 1 is 1.40 bits per heavy atom. The van der Waals surface area contributed by atoms with E-state index in [4.69, 9.17) is 0 Å². The summed E-state index contributed by atoms with van der Waals surface area (Å²) in [7, 11) is 0. The number of nitrogens with zero attached hydrogens (tertiary/aromatic N) is 4. The van der Waals surface area contributed by atoms with Crippen molar-refractivity contribution in [3.8, 4) is 0 Å². The first-order valence-corrected chi connectivity index (χ1v) is 7.54. The lowest BCUT2D eigenvalue weighted by molar-refractivity contribution is -0.129. The summed E-state index contributed by atoms with van der Waals surface area (Å²) < 4.78 is 2.62. The summed E-state index contributed by atoms with van der Waals surface area (Å²) in [6.45, 7) is 2.37. The van der Waals surface area contributed by atoms with Crippen LogP contribution in [-0.2, 0) is 4.79 Å². The quantitative estimate of drug-likeness (QED) is 0.925. The molecule has 0 bridgehead atoms. The molecule has 106 valence electrons. The van der Waals surface area contributed by atoms with Crippen molar-refractivity contribution in [2.75, 3.05) is 25.0 Å². The van der Waals surface area contributed by atoms with Gasteiger partial charge in [0.1, 0.15) is 4.60 Å². The molecule has 1 saturated heterocycles. The van der Waals surface area contributed by atoms with Crippen LogP contribution in [0.25, 0.3) is 5.65 Å². The van der Waals surface area contributed by atoms with Crippen LogP contribution in [0.3, 0.4) is 0 Å². The van der Waals surface area contributed by atoms with Crippen LogP contribution < -0.4 is 5.32 Å². The van der Waals surface area contributed by atoms with E-state index in [1.165, 1.54) is 0 Å². The number of fused-ring (bicyclic) bond motifs is 1. The van der Waals surface area contributed by atoms with E-state index in [1.54, 1.807) is 6.20 Å². The predicted molar refractivity (Wildman–Crippen MR) is 79.6 cm³/mol. The third kappa shape index (κ3) is 2.77. The average molecular weight is 338 g/mol. The molecule has 0 saturated carbocycles. The van der Waals surface area contributed by atoms with Crippen LogP contribution in [0, 0.1) is 0 Å². The molecule has 0 radical (unpaired) electrons. The maximum Gasteiger partial charge on any atom is 0.224 e. The van der Waals surface area contributed by atoms with Crippen LogP contribution in [0.4, 0.5) is 5.82 Å². The molecule has 0 unspecified atom stereocenters. The third-order valence-electron chi connectivity index (χ3n) is 3.43. The second-order valence-corrected chi connectivity index (χ2v) is 5.65. The van der Waals surface area contributed by atoms with Gasteiger partial charge in [-0.25, -0.2) is 9.97 Å². The molecular weight excluding hydrogens is 322 g/mol. The van der Waals surface area contributed by atoms with Crippen molar-refractivity contribution in [1.82, 2.24) is 19.3 Å². The Balaban J connectivity index is 1.62. The lowest BCUT2D eigenvalue weighted by Gasteiger charge is -2.15. The van der Waals surface area contributed by atoms with E-state index in [-0.39, 0.29) is 5.91 Å². The van der Waals surface area contributed by atoms with Crippen molar-refractivity contribution < 1.29 is 4.79 Å². The number of imidazole rings is 1. The molecule has 3 heterocycles. The lowest BCUT2D eigenvalue weighted by Crippen LogP contribution is -2.29. The third-order valence-corrected chi connectivity index (χ3v) is 3.82. The SMILES string of the molecule is O=C(CCNc1nc(Br)cn2ccnc12)N1CCCC1. The molecule has 3 rings (SSSR count). The van der Waals surface area contributed by atoms with Gasteiger partial charge >= 0.3 is 0 Å². The van der Waals surface area contributed by atoms with E-state index in [2.05, 4.69) is 31.2 Å². The molecule has 1 aliphatic rings. The maximum absolute atomic E-state index is 12.0. The normalized spacial score (nSPS) is 14.9. The van der Waals surface area contributed by atoms with Gasteiger partial charge in [-0.15, -0.1) is 0 Å². The molecule has 0 aliphatic carbocycles. The summed E-state index contributed by atoms with van der Waals surface area (Å²) in [6, 6.07) is 0. The van der Waals surface area contributed by atoms with Crippen molar-refractivity contribution in [2.24, 2.45) is 0 Å². The first-order chi connectivity index (χ1) is 9.74. The smallest absolute Gasteiger partial charge is 0.224 e. The number of likely N-dealkylation sites (tertiary alicyclic amines) is 1. The number of aromatic nitrogens is 3. The van der Waals surface area contributed by atoms with E-state index < -0.39 is 0 Å². The van der Waals surface area contributed by atoms with Crippen molar-refractivity contribution >= 4 is 33.3 Å². The van der Waals surface area contributed by atoms with Gasteiger partial charge in [-0.2, -0.15) is 0 Å². The van der Waals surface area contributed by atoms with E-state index in [0.29, 0.717) is 18.8 Å². The summed E-state index contributed by atoms with van der Waals surface area (Å²) in [4.78, 5) is 22.5. The Bertz CT molecular complexity index is 620. The van der Waals surface area contributed by atoms with E-state index >= 15 is 0 Å². The second kappa shape index (κ2) is 5.78. The molecule has 0 spiro atoms. The highest BCUT2D eigenvalue weighted by Gasteiger charge is 2.17. The topological polar surface area (TPSA) is 62.5 Å². The van der Waals surface area contributed by atoms with Crippen molar-refractivity contribution in [1.29, 1.82) is 0 Å². The highest BCUT2D eigenvalue weighted by atomic mass is 79.9. The zero-order chi connectivity index (χ0) is 13.9. The summed E-state index contributed by atoms with van der Waals surface area (Å²) in [5, 5.41) is 3.20. The van der Waals surface area contributed by atoms with Crippen LogP contribution >= 0.6 is 15.9 Å². The minimum absolute atomic E-state index is 0.212. The average Bonchev–Trinajstić information content (AvgIpc) is 3.09. The van der Waals surface area contributed by atoms with E-state index in [9.17, 15) is 4.79 Å². The summed E-state index contributed by atoms with van der Waals surface area (Å²) in [6.07, 6.45) is 8.18. The second-order valence-electron chi connectivity index (χ2n) is 4.84. The number of halogens is 1. The van der Waals surface area contributed by atoms with Gasteiger partial charge in [0.25, 0.3) is 0 Å². The fourth-order valence-electron chi connectivity index (χ4n) is 2.43. The molecule has 2 aromatic heterocycles. The fourth-order valence-corrected chi connectivity index (χ4v) is 2.83. The predicted octanol–water partition coefficient (Wildman–Crippen LogP) is 1.92. The van der Waals surface area contributed by atoms with Crippen molar-refractivity contribution in [2.45, 2.75) is 19.3 Å². The van der Waals surface area contributed by atoms with Gasteiger partial charge in [0.2, 0.25) is 5.91 Å². The minimum Gasteiger partial charge on any atom is -0.366 e. The molecule has 1 fully saturated rings. The molecule has 0 aromatic carbocycles. The Hall–Kier alpha value is -1.63. The Morgan fingerprint density at radius 3 is 3.00 bits per heavy atom. The number of carbonyl (C=O) groups is 1. The van der Waals surface area contributed by atoms with Crippen LogP contribution in [0.15, 0.2) is 23.2 Å². The number of rotatable bonds is 4. The summed E-state index contributed by atoms with van der Waals surface area (Å²) in [5.41, 5.74) is 0.766. The van der Waals surface area contributed by atoms with E-state index in [0.717, 1.165) is 36.2 Å². The number of carbonyl (C=O) groups excluding carboxylic acids is 1. The van der Waals surface area contributed by atoms with Gasteiger partial charge in [0.15, 0.2) is 11.5 Å². The molecular formula is C13H16BrN5O. The zero-order valence-corrected chi connectivity index (χ0v) is 12.6. The molecule has 20 heavy (non-hydrogen) atoms. The fraction of sp³-hybridized carbons (Fsp3) is 0.462. The van der Waals surface area contributed by atoms with Crippen LogP contribution in [-0.4, -0.2) is 44.8 Å². The summed E-state index contributed by atoms with van der Waals surface area (Å²) >= 11 is 3.37. The first kappa shape index (κ1) is 13.4. The van der Waals surface area contributed by atoms with Gasteiger partial charge < -0.3 is 14.6 Å². The molecule has 1 amide bonds. The number of hydrogen-bond acceptors (Lipinski definition) is 4. The van der Waals surface area contributed by atoms with Gasteiger partial charge in [-0.05, 0) is 28.8 Å².